The molecule has 0 saturated heterocycles. The van der Waals surface area contributed by atoms with Gasteiger partial charge in [-0.2, -0.15) is 25.4 Å². The number of aromatic nitrogens is 1. The third kappa shape index (κ3) is 4.75. The minimum Gasteiger partial charge on any atom is -0.489 e. The number of anilines is 2. The number of rotatable bonds is 4. The number of halogens is 5. The normalized spacial score (nSPS) is 15.8. The van der Waals surface area contributed by atoms with E-state index in [0.717, 1.165) is 30.5 Å². The molecule has 1 unspecified atom stereocenters. The van der Waals surface area contributed by atoms with E-state index in [2.05, 4.69) is 4.98 Å². The van der Waals surface area contributed by atoms with Gasteiger partial charge in [0.05, 0.1) is 27.2 Å². The summed E-state index contributed by atoms with van der Waals surface area (Å²) >= 11 is 12.2. The topological polar surface area (TPSA) is 79.8 Å². The number of carbonyl (C=O) groups is 1. The average Bonchev–Trinajstić information content (AvgIpc) is 2.82. The van der Waals surface area contributed by atoms with E-state index in [0.29, 0.717) is 17.5 Å². The maximum Gasteiger partial charge on any atom is 0.416 e. The molecule has 4 rings (SSSR count). The summed E-state index contributed by atoms with van der Waals surface area (Å²) in [5.41, 5.74) is -1.54. The second-order valence-electron chi connectivity index (χ2n) is 7.57. The largest absolute Gasteiger partial charge is 0.489 e. The van der Waals surface area contributed by atoms with Gasteiger partial charge in [-0.3, -0.25) is 9.69 Å². The summed E-state index contributed by atoms with van der Waals surface area (Å²) in [7, 11) is -4.75. The fourth-order valence-corrected chi connectivity index (χ4v) is 5.14. The summed E-state index contributed by atoms with van der Waals surface area (Å²) in [6, 6.07) is 10.5. The highest BCUT2D eigenvalue weighted by molar-refractivity contribution is 7.94. The number of hydrogen-bond donors (Lipinski definition) is 0. The lowest BCUT2D eigenvalue weighted by molar-refractivity contribution is -0.137. The molecular weight excluding hydrogens is 530 g/mol. The third-order valence-electron chi connectivity index (χ3n) is 5.16. The molecule has 3 aromatic rings. The Bertz CT molecular complexity index is 1400. The van der Waals surface area contributed by atoms with Crippen molar-refractivity contribution in [2.75, 3.05) is 15.3 Å². The summed E-state index contributed by atoms with van der Waals surface area (Å²) in [5, 5.41) is -0.0446. The van der Waals surface area contributed by atoms with Crippen LogP contribution in [-0.4, -0.2) is 32.0 Å². The third-order valence-corrected chi connectivity index (χ3v) is 7.56. The van der Waals surface area contributed by atoms with Gasteiger partial charge >= 0.3 is 6.18 Å². The molecule has 0 bridgehead atoms. The second-order valence-corrected chi connectivity index (χ2v) is 10.3. The second kappa shape index (κ2) is 9.21. The smallest absolute Gasteiger partial charge is 0.416 e. The van der Waals surface area contributed by atoms with Gasteiger partial charge in [-0.25, -0.2) is 4.98 Å². The van der Waals surface area contributed by atoms with Crippen molar-refractivity contribution in [2.45, 2.75) is 24.0 Å². The van der Waals surface area contributed by atoms with Crippen LogP contribution in [0.3, 0.4) is 0 Å². The fraction of sp³-hybridized carbons (Fsp3) is 0.182. The molecular formula is C22H16Cl2F3N3O4S. The number of amides is 1. The number of nitrogens with zero attached hydrogens (tertiary/aromatic N) is 3. The van der Waals surface area contributed by atoms with Crippen molar-refractivity contribution in [3.05, 3.63) is 77.1 Å². The van der Waals surface area contributed by atoms with Crippen molar-refractivity contribution in [3.63, 3.8) is 0 Å². The van der Waals surface area contributed by atoms with Gasteiger partial charge < -0.3 is 4.74 Å². The SMILES string of the molecule is CC1COc2ccccc2N1C(=O)c1ncc(Cl)cc1N(Cl)S(=O)(=O)c1cccc(C(F)(F)F)c1. The number of ether oxygens (including phenoxy) is 1. The van der Waals surface area contributed by atoms with E-state index in [4.69, 9.17) is 28.1 Å². The van der Waals surface area contributed by atoms with E-state index in [1.165, 1.54) is 4.90 Å². The van der Waals surface area contributed by atoms with Gasteiger partial charge in [0.25, 0.3) is 15.9 Å². The quantitative estimate of drug-likeness (QED) is 0.402. The zero-order valence-corrected chi connectivity index (χ0v) is 20.2. The van der Waals surface area contributed by atoms with Crippen molar-refractivity contribution in [3.8, 4) is 5.75 Å². The molecule has 7 nitrogen and oxygen atoms in total. The number of benzene rings is 2. The van der Waals surface area contributed by atoms with Gasteiger partial charge in [0.1, 0.15) is 18.0 Å². The van der Waals surface area contributed by atoms with Gasteiger partial charge in [0.15, 0.2) is 5.69 Å². The van der Waals surface area contributed by atoms with Crippen molar-refractivity contribution >= 4 is 50.7 Å². The van der Waals surface area contributed by atoms with E-state index in [-0.39, 0.29) is 21.1 Å². The van der Waals surface area contributed by atoms with Gasteiger partial charge in [-0.1, -0.05) is 29.8 Å². The predicted octanol–water partition coefficient (Wildman–Crippen LogP) is 5.53. The lowest BCUT2D eigenvalue weighted by Crippen LogP contribution is -2.45. The molecule has 2 aromatic carbocycles. The van der Waals surface area contributed by atoms with Crippen LogP contribution in [-0.2, 0) is 16.2 Å². The van der Waals surface area contributed by atoms with Gasteiger partial charge in [-0.15, -0.1) is 0 Å². The summed E-state index contributed by atoms with van der Waals surface area (Å²) in [6.07, 6.45) is -3.64. The Kier molecular flexibility index (Phi) is 6.60. The monoisotopic (exact) mass is 545 g/mol. The number of fused-ring (bicyclic) bond motifs is 1. The molecule has 0 N–H and O–H groups in total. The fourth-order valence-electron chi connectivity index (χ4n) is 3.51. The lowest BCUT2D eigenvalue weighted by atomic mass is 10.1. The highest BCUT2D eigenvalue weighted by Gasteiger charge is 2.37. The molecule has 184 valence electrons. The van der Waals surface area contributed by atoms with Gasteiger partial charge in [0, 0.05) is 18.0 Å². The molecule has 0 spiro atoms. The molecule has 0 saturated carbocycles. The highest BCUT2D eigenvalue weighted by atomic mass is 35.5. The number of para-hydroxylation sites is 2. The first-order valence-electron chi connectivity index (χ1n) is 10.0. The molecule has 2 heterocycles. The van der Waals surface area contributed by atoms with Crippen LogP contribution in [0.1, 0.15) is 23.0 Å². The molecule has 0 fully saturated rings. The zero-order valence-electron chi connectivity index (χ0n) is 17.8. The zero-order chi connectivity index (χ0) is 25.5. The standard InChI is InChI=1S/C22H16Cl2F3N3O4S/c1-13-12-34-19-8-3-2-7-17(19)29(13)21(31)20-18(10-15(23)11-28-20)30(24)35(32,33)16-6-4-5-14(9-16)22(25,26)27/h2-11,13H,12H2,1H3. The Morgan fingerprint density at radius 3 is 2.60 bits per heavy atom. The summed E-state index contributed by atoms with van der Waals surface area (Å²) in [4.78, 5) is 18.3. The summed E-state index contributed by atoms with van der Waals surface area (Å²) in [5.74, 6) is -0.265. The lowest BCUT2D eigenvalue weighted by Gasteiger charge is -2.35. The maximum atomic E-state index is 13.6. The first-order valence-corrected chi connectivity index (χ1v) is 12.2. The average molecular weight is 546 g/mol. The van der Waals surface area contributed by atoms with Gasteiger partial charge in [-0.05, 0) is 43.3 Å². The summed E-state index contributed by atoms with van der Waals surface area (Å²) < 4.78 is 71.5. The van der Waals surface area contributed by atoms with E-state index in [1.807, 2.05) is 0 Å². The number of pyridine rings is 1. The number of carbonyl (C=O) groups excluding carboxylic acids is 1. The van der Waals surface area contributed by atoms with Crippen LogP contribution >= 0.6 is 23.4 Å². The van der Waals surface area contributed by atoms with Crippen LogP contribution in [0.2, 0.25) is 5.02 Å². The minimum absolute atomic E-state index is 0.0446. The van der Waals surface area contributed by atoms with E-state index in [1.54, 1.807) is 31.2 Å². The molecule has 1 aromatic heterocycles. The molecule has 1 aliphatic rings. The van der Waals surface area contributed by atoms with Crippen molar-refractivity contribution in [1.82, 2.24) is 4.98 Å². The first-order chi connectivity index (χ1) is 16.4. The van der Waals surface area contributed by atoms with Crippen molar-refractivity contribution in [2.24, 2.45) is 0 Å². The van der Waals surface area contributed by atoms with Gasteiger partial charge in [0.2, 0.25) is 0 Å². The highest BCUT2D eigenvalue weighted by Crippen LogP contribution is 2.38. The number of alkyl halides is 3. The molecule has 1 aliphatic heterocycles. The van der Waals surface area contributed by atoms with E-state index >= 15 is 0 Å². The Morgan fingerprint density at radius 2 is 1.89 bits per heavy atom. The maximum absolute atomic E-state index is 13.6. The number of hydrogen-bond acceptors (Lipinski definition) is 5. The van der Waals surface area contributed by atoms with Crippen molar-refractivity contribution in [1.29, 1.82) is 0 Å². The molecule has 13 heteroatoms. The molecule has 0 aliphatic carbocycles. The Labute approximate surface area is 208 Å². The van der Waals surface area contributed by atoms with Crippen LogP contribution in [0.15, 0.2) is 65.7 Å². The molecule has 1 atom stereocenters. The number of sulfonamides is 1. The Hall–Kier alpha value is -3.02. The van der Waals surface area contributed by atoms with Crippen LogP contribution in [0.5, 0.6) is 5.75 Å². The van der Waals surface area contributed by atoms with E-state index < -0.39 is 44.3 Å². The first kappa shape index (κ1) is 25.1. The Morgan fingerprint density at radius 1 is 1.17 bits per heavy atom. The van der Waals surface area contributed by atoms with E-state index in [9.17, 15) is 26.4 Å². The van der Waals surface area contributed by atoms with Crippen LogP contribution in [0.25, 0.3) is 0 Å². The molecule has 1 amide bonds. The molecule has 35 heavy (non-hydrogen) atoms. The van der Waals surface area contributed by atoms with Crippen LogP contribution in [0.4, 0.5) is 24.5 Å². The van der Waals surface area contributed by atoms with Crippen molar-refractivity contribution < 1.29 is 31.1 Å². The minimum atomic E-state index is -4.78. The predicted molar refractivity (Wildman–Crippen MR) is 124 cm³/mol. The van der Waals surface area contributed by atoms with Crippen LogP contribution < -0.4 is 13.5 Å². The Balaban J connectivity index is 1.79. The van der Waals surface area contributed by atoms with Crippen LogP contribution in [0, 0.1) is 0 Å². The summed E-state index contributed by atoms with van der Waals surface area (Å²) in [6.45, 7) is 1.89. The molecule has 0 radical (unpaired) electrons.